The molecule has 0 fully saturated rings. The second kappa shape index (κ2) is 13.2. The van der Waals surface area contributed by atoms with Crippen LogP contribution in [0, 0.1) is 17.8 Å². The van der Waals surface area contributed by atoms with Gasteiger partial charge in [-0.1, -0.05) is 101 Å². The van der Waals surface area contributed by atoms with Crippen LogP contribution < -0.4 is 0 Å². The number of unbranched alkanes of at least 4 members (excludes halogenated alkanes) is 5. The molecule has 164 valence electrons. The van der Waals surface area contributed by atoms with Crippen LogP contribution >= 0.6 is 0 Å². The molecule has 0 heteroatoms. The molecule has 0 saturated carbocycles. The van der Waals surface area contributed by atoms with Gasteiger partial charge in [-0.25, -0.2) is 0 Å². The number of hydrogen-bond donors (Lipinski definition) is 0. The van der Waals surface area contributed by atoms with Gasteiger partial charge in [-0.15, -0.1) is 0 Å². The van der Waals surface area contributed by atoms with E-state index in [1.807, 2.05) is 0 Å². The van der Waals surface area contributed by atoms with Crippen LogP contribution in [-0.2, 0) is 6.42 Å². The first-order valence-electron chi connectivity index (χ1n) is 12.7. The highest BCUT2D eigenvalue weighted by atomic mass is 14.2. The largest absolute Gasteiger partial charge is 0.0804 e. The molecule has 31 heavy (non-hydrogen) atoms. The fourth-order valence-corrected chi connectivity index (χ4v) is 4.52. The van der Waals surface area contributed by atoms with Crippen molar-refractivity contribution < 1.29 is 0 Å². The number of rotatable bonds is 10. The van der Waals surface area contributed by atoms with Crippen LogP contribution in [0.3, 0.4) is 0 Å². The maximum absolute atomic E-state index is 3.33. The molecule has 1 aliphatic rings. The predicted octanol–water partition coefficient (Wildman–Crippen LogP) is 8.97. The van der Waals surface area contributed by atoms with Crippen molar-refractivity contribution in [1.82, 2.24) is 0 Å². The lowest BCUT2D eigenvalue weighted by molar-refractivity contribution is 0.425. The molecule has 0 N–H and O–H groups in total. The number of aryl methyl sites for hydroxylation is 1. The fourth-order valence-electron chi connectivity index (χ4n) is 4.52. The summed E-state index contributed by atoms with van der Waals surface area (Å²) < 4.78 is 0. The number of benzene rings is 2. The van der Waals surface area contributed by atoms with E-state index in [0.717, 1.165) is 17.0 Å². The topological polar surface area (TPSA) is 0 Å². The summed E-state index contributed by atoms with van der Waals surface area (Å²) in [5.74, 6) is 7.56. The molecule has 1 unspecified atom stereocenters. The standard InChI is InChI=1S/C31H40/c1-3-5-7-9-11-27-18-22-30(23-19-27)31-24-20-29(21-25-31)17-16-28-14-12-26(13-15-28)10-8-6-4-2/h12-15,20-22,24-25,27H,3-11,18-19,23H2,1-2H3. The molecule has 3 rings (SSSR count). The fraction of sp³-hybridized carbons (Fsp3) is 0.484. The Balaban J connectivity index is 1.50. The zero-order valence-electron chi connectivity index (χ0n) is 19.8. The number of allylic oxidation sites excluding steroid dienone is 2. The molecule has 2 aromatic rings. The van der Waals surface area contributed by atoms with Gasteiger partial charge in [0.25, 0.3) is 0 Å². The van der Waals surface area contributed by atoms with Crippen molar-refractivity contribution in [2.24, 2.45) is 5.92 Å². The minimum absolute atomic E-state index is 0.906. The minimum Gasteiger partial charge on any atom is -0.0804 e. The van der Waals surface area contributed by atoms with Gasteiger partial charge in [-0.2, -0.15) is 0 Å². The van der Waals surface area contributed by atoms with Crippen LogP contribution in [0.15, 0.2) is 54.6 Å². The first kappa shape index (κ1) is 23.4. The van der Waals surface area contributed by atoms with E-state index in [1.54, 1.807) is 0 Å². The molecule has 0 nitrogen and oxygen atoms in total. The van der Waals surface area contributed by atoms with Crippen molar-refractivity contribution in [3.63, 3.8) is 0 Å². The van der Waals surface area contributed by atoms with E-state index in [-0.39, 0.29) is 0 Å². The van der Waals surface area contributed by atoms with Crippen molar-refractivity contribution in [3.05, 3.63) is 76.9 Å². The van der Waals surface area contributed by atoms with Gasteiger partial charge >= 0.3 is 0 Å². The molecule has 0 aromatic heterocycles. The molecule has 0 heterocycles. The van der Waals surface area contributed by atoms with E-state index in [2.05, 4.69) is 80.3 Å². The lowest BCUT2D eigenvalue weighted by Crippen LogP contribution is -2.05. The Morgan fingerprint density at radius 1 is 0.742 bits per heavy atom. The Bertz CT molecular complexity index is 855. The normalized spacial score (nSPS) is 15.8. The van der Waals surface area contributed by atoms with E-state index >= 15 is 0 Å². The molecule has 0 spiro atoms. The zero-order valence-corrected chi connectivity index (χ0v) is 19.8. The predicted molar refractivity (Wildman–Crippen MR) is 136 cm³/mol. The van der Waals surface area contributed by atoms with Crippen molar-refractivity contribution in [2.75, 3.05) is 0 Å². The van der Waals surface area contributed by atoms with Crippen molar-refractivity contribution in [1.29, 1.82) is 0 Å². The SMILES string of the molecule is CCCCCCC1CC=C(c2ccc(C#Cc3ccc(CCCCC)cc3)cc2)CC1. The van der Waals surface area contributed by atoms with E-state index in [4.69, 9.17) is 0 Å². The molecule has 0 radical (unpaired) electrons. The summed E-state index contributed by atoms with van der Waals surface area (Å²) in [5, 5.41) is 0. The molecule has 2 aromatic carbocycles. The molecular weight excluding hydrogens is 372 g/mol. The van der Waals surface area contributed by atoms with Crippen LogP contribution in [0.25, 0.3) is 5.57 Å². The van der Waals surface area contributed by atoms with Crippen LogP contribution in [0.1, 0.15) is 107 Å². The van der Waals surface area contributed by atoms with Gasteiger partial charge in [-0.05, 0) is 79.0 Å². The van der Waals surface area contributed by atoms with E-state index < -0.39 is 0 Å². The molecule has 0 aliphatic heterocycles. The summed E-state index contributed by atoms with van der Waals surface area (Å²) in [6.07, 6.45) is 18.4. The van der Waals surface area contributed by atoms with Gasteiger partial charge in [0, 0.05) is 11.1 Å². The highest BCUT2D eigenvalue weighted by molar-refractivity contribution is 5.67. The summed E-state index contributed by atoms with van der Waals surface area (Å²) in [5.41, 5.74) is 6.53. The highest BCUT2D eigenvalue weighted by Crippen LogP contribution is 2.32. The average Bonchev–Trinajstić information content (AvgIpc) is 2.82. The summed E-state index contributed by atoms with van der Waals surface area (Å²) in [4.78, 5) is 0. The van der Waals surface area contributed by atoms with Crippen molar-refractivity contribution in [2.45, 2.75) is 90.9 Å². The molecular formula is C31H40. The van der Waals surface area contributed by atoms with Gasteiger partial charge in [0.15, 0.2) is 0 Å². The lowest BCUT2D eigenvalue weighted by Gasteiger charge is -2.22. The van der Waals surface area contributed by atoms with Gasteiger partial charge < -0.3 is 0 Å². The molecule has 0 amide bonds. The minimum atomic E-state index is 0.906. The van der Waals surface area contributed by atoms with Gasteiger partial charge in [0.05, 0.1) is 0 Å². The van der Waals surface area contributed by atoms with Crippen molar-refractivity contribution in [3.8, 4) is 11.8 Å². The summed E-state index contributed by atoms with van der Waals surface area (Å²) >= 11 is 0. The van der Waals surface area contributed by atoms with Crippen LogP contribution in [0.4, 0.5) is 0 Å². The van der Waals surface area contributed by atoms with Gasteiger partial charge in [0.1, 0.15) is 0 Å². The molecule has 1 aliphatic carbocycles. The first-order chi connectivity index (χ1) is 15.3. The Labute approximate surface area is 191 Å². The van der Waals surface area contributed by atoms with Crippen LogP contribution in [-0.4, -0.2) is 0 Å². The summed E-state index contributed by atoms with van der Waals surface area (Å²) in [6, 6.07) is 17.7. The summed E-state index contributed by atoms with van der Waals surface area (Å²) in [7, 11) is 0. The first-order valence-corrected chi connectivity index (χ1v) is 12.7. The summed E-state index contributed by atoms with van der Waals surface area (Å²) in [6.45, 7) is 4.54. The van der Waals surface area contributed by atoms with Gasteiger partial charge in [-0.3, -0.25) is 0 Å². The lowest BCUT2D eigenvalue weighted by atomic mass is 9.84. The monoisotopic (exact) mass is 412 g/mol. The molecule has 0 bridgehead atoms. The third-order valence-corrected chi connectivity index (χ3v) is 6.62. The third-order valence-electron chi connectivity index (χ3n) is 6.62. The second-order valence-electron chi connectivity index (χ2n) is 9.20. The van der Waals surface area contributed by atoms with E-state index in [1.165, 1.54) is 93.7 Å². The number of hydrogen-bond acceptors (Lipinski definition) is 0. The van der Waals surface area contributed by atoms with E-state index in [9.17, 15) is 0 Å². The zero-order chi connectivity index (χ0) is 21.7. The van der Waals surface area contributed by atoms with Crippen molar-refractivity contribution >= 4 is 5.57 Å². The molecule has 0 saturated heterocycles. The Morgan fingerprint density at radius 2 is 1.39 bits per heavy atom. The Kier molecular flexibility index (Phi) is 9.98. The molecule has 1 atom stereocenters. The smallest absolute Gasteiger partial charge is 0.0249 e. The van der Waals surface area contributed by atoms with Crippen LogP contribution in [0.5, 0.6) is 0 Å². The maximum atomic E-state index is 3.33. The van der Waals surface area contributed by atoms with Crippen LogP contribution in [0.2, 0.25) is 0 Å². The van der Waals surface area contributed by atoms with Gasteiger partial charge in [0.2, 0.25) is 0 Å². The third kappa shape index (κ3) is 8.06. The maximum Gasteiger partial charge on any atom is 0.0249 e. The Hall–Kier alpha value is -2.26. The quantitative estimate of drug-likeness (QED) is 0.270. The average molecular weight is 413 g/mol. The second-order valence-corrected chi connectivity index (χ2v) is 9.20. The van der Waals surface area contributed by atoms with E-state index in [0.29, 0.717) is 0 Å². The Morgan fingerprint density at radius 3 is 2.00 bits per heavy atom. The highest BCUT2D eigenvalue weighted by Gasteiger charge is 2.15.